The molecular formula is C20H18F2N2O2. The summed E-state index contributed by atoms with van der Waals surface area (Å²) in [5.74, 6) is 0.205. The molecule has 134 valence electrons. The van der Waals surface area contributed by atoms with E-state index in [0.29, 0.717) is 30.3 Å². The Kier molecular flexibility index (Phi) is 5.41. The van der Waals surface area contributed by atoms with E-state index < -0.39 is 0 Å². The molecule has 0 saturated heterocycles. The number of aryl methyl sites for hydroxylation is 1. The molecule has 1 amide bonds. The number of hydrogen-bond donors (Lipinski definition) is 0. The SMILES string of the molecule is CCN(C(=O)CCc1ncc(-c2ccc(F)cc2)o1)c1ccc(F)cc1. The van der Waals surface area contributed by atoms with E-state index in [1.165, 1.54) is 24.3 Å². The molecule has 1 heterocycles. The van der Waals surface area contributed by atoms with Crippen molar-refractivity contribution in [2.45, 2.75) is 19.8 Å². The van der Waals surface area contributed by atoms with Gasteiger partial charge in [-0.1, -0.05) is 0 Å². The minimum atomic E-state index is -0.342. The van der Waals surface area contributed by atoms with Crippen LogP contribution in [0.1, 0.15) is 19.2 Å². The number of benzene rings is 2. The molecule has 0 atom stereocenters. The van der Waals surface area contributed by atoms with Gasteiger partial charge in [-0.05, 0) is 55.5 Å². The van der Waals surface area contributed by atoms with E-state index in [1.54, 1.807) is 35.4 Å². The third kappa shape index (κ3) is 4.14. The summed E-state index contributed by atoms with van der Waals surface area (Å²) in [5.41, 5.74) is 1.37. The van der Waals surface area contributed by atoms with Crippen molar-refractivity contribution in [1.82, 2.24) is 4.98 Å². The van der Waals surface area contributed by atoms with Crippen LogP contribution < -0.4 is 4.90 Å². The molecule has 0 aliphatic heterocycles. The molecular weight excluding hydrogens is 338 g/mol. The number of carbonyl (C=O) groups excluding carboxylic acids is 1. The third-order valence-electron chi connectivity index (χ3n) is 3.99. The summed E-state index contributed by atoms with van der Waals surface area (Å²) in [6.07, 6.45) is 2.12. The van der Waals surface area contributed by atoms with E-state index in [4.69, 9.17) is 4.42 Å². The Morgan fingerprint density at radius 3 is 2.27 bits per heavy atom. The monoisotopic (exact) mass is 356 g/mol. The number of hydrogen-bond acceptors (Lipinski definition) is 3. The first-order valence-electron chi connectivity index (χ1n) is 8.33. The van der Waals surface area contributed by atoms with Gasteiger partial charge in [-0.3, -0.25) is 4.79 Å². The van der Waals surface area contributed by atoms with Gasteiger partial charge in [-0.2, -0.15) is 0 Å². The van der Waals surface area contributed by atoms with Gasteiger partial charge in [-0.25, -0.2) is 13.8 Å². The zero-order valence-electron chi connectivity index (χ0n) is 14.3. The van der Waals surface area contributed by atoms with E-state index in [-0.39, 0.29) is 24.0 Å². The lowest BCUT2D eigenvalue weighted by Crippen LogP contribution is -2.30. The van der Waals surface area contributed by atoms with Gasteiger partial charge in [0.2, 0.25) is 5.91 Å². The van der Waals surface area contributed by atoms with E-state index in [2.05, 4.69) is 4.98 Å². The molecule has 0 aliphatic carbocycles. The topological polar surface area (TPSA) is 46.3 Å². The van der Waals surface area contributed by atoms with Gasteiger partial charge in [0.05, 0.1) is 6.20 Å². The van der Waals surface area contributed by atoms with Gasteiger partial charge >= 0.3 is 0 Å². The highest BCUT2D eigenvalue weighted by molar-refractivity contribution is 5.93. The maximum atomic E-state index is 13.0. The highest BCUT2D eigenvalue weighted by Gasteiger charge is 2.15. The molecule has 3 rings (SSSR count). The highest BCUT2D eigenvalue weighted by Crippen LogP contribution is 2.22. The quantitative estimate of drug-likeness (QED) is 0.648. The van der Waals surface area contributed by atoms with Gasteiger partial charge in [-0.15, -0.1) is 0 Å². The van der Waals surface area contributed by atoms with Crippen LogP contribution in [0.3, 0.4) is 0 Å². The van der Waals surface area contributed by atoms with Crippen molar-refractivity contribution in [1.29, 1.82) is 0 Å². The van der Waals surface area contributed by atoms with Gasteiger partial charge in [0, 0.05) is 30.6 Å². The molecule has 0 fully saturated rings. The van der Waals surface area contributed by atoms with Crippen molar-refractivity contribution in [2.75, 3.05) is 11.4 Å². The van der Waals surface area contributed by atoms with Crippen LogP contribution in [0.25, 0.3) is 11.3 Å². The average molecular weight is 356 g/mol. The molecule has 0 N–H and O–H groups in total. The number of oxazole rings is 1. The molecule has 0 bridgehead atoms. The normalized spacial score (nSPS) is 10.7. The Bertz CT molecular complexity index is 874. The van der Waals surface area contributed by atoms with Crippen molar-refractivity contribution in [3.63, 3.8) is 0 Å². The number of amides is 1. The van der Waals surface area contributed by atoms with E-state index >= 15 is 0 Å². The maximum Gasteiger partial charge on any atom is 0.227 e. The Hall–Kier alpha value is -3.02. The third-order valence-corrected chi connectivity index (χ3v) is 3.99. The maximum absolute atomic E-state index is 13.0. The summed E-state index contributed by atoms with van der Waals surface area (Å²) in [6, 6.07) is 11.7. The van der Waals surface area contributed by atoms with Gasteiger partial charge in [0.15, 0.2) is 11.7 Å². The molecule has 26 heavy (non-hydrogen) atoms. The highest BCUT2D eigenvalue weighted by atomic mass is 19.1. The molecule has 0 unspecified atom stereocenters. The average Bonchev–Trinajstić information content (AvgIpc) is 3.12. The van der Waals surface area contributed by atoms with Crippen molar-refractivity contribution < 1.29 is 18.0 Å². The molecule has 2 aromatic carbocycles. The number of nitrogens with zero attached hydrogens (tertiary/aromatic N) is 2. The minimum absolute atomic E-state index is 0.0966. The standard InChI is InChI=1S/C20H18F2N2O2/c1-2-24(17-9-7-16(22)8-10-17)20(25)12-11-19-23-13-18(26-19)14-3-5-15(21)6-4-14/h3-10,13H,2,11-12H2,1H3. The van der Waals surface area contributed by atoms with Crippen LogP contribution in [0.2, 0.25) is 0 Å². The fourth-order valence-electron chi connectivity index (χ4n) is 2.65. The summed E-state index contributed by atoms with van der Waals surface area (Å²) < 4.78 is 31.7. The van der Waals surface area contributed by atoms with Crippen LogP contribution in [-0.2, 0) is 11.2 Å². The van der Waals surface area contributed by atoms with E-state index in [1.807, 2.05) is 6.92 Å². The molecule has 0 radical (unpaired) electrons. The first-order valence-corrected chi connectivity index (χ1v) is 8.33. The number of rotatable bonds is 6. The van der Waals surface area contributed by atoms with Crippen molar-refractivity contribution in [3.05, 3.63) is 72.3 Å². The number of halogens is 2. The lowest BCUT2D eigenvalue weighted by molar-refractivity contribution is -0.118. The predicted molar refractivity (Wildman–Crippen MR) is 94.6 cm³/mol. The number of anilines is 1. The van der Waals surface area contributed by atoms with E-state index in [9.17, 15) is 13.6 Å². The zero-order valence-corrected chi connectivity index (χ0v) is 14.3. The second-order valence-electron chi connectivity index (χ2n) is 5.74. The Morgan fingerprint density at radius 2 is 1.65 bits per heavy atom. The lowest BCUT2D eigenvalue weighted by atomic mass is 10.2. The second kappa shape index (κ2) is 7.91. The Balaban J connectivity index is 1.63. The largest absolute Gasteiger partial charge is 0.441 e. The van der Waals surface area contributed by atoms with Crippen LogP contribution in [0.15, 0.2) is 59.1 Å². The van der Waals surface area contributed by atoms with Crippen LogP contribution in [0, 0.1) is 11.6 Å². The summed E-state index contributed by atoms with van der Waals surface area (Å²) in [4.78, 5) is 18.2. The van der Waals surface area contributed by atoms with Gasteiger partial charge < -0.3 is 9.32 Å². The molecule has 6 heteroatoms. The summed E-state index contributed by atoms with van der Waals surface area (Å²) in [5, 5.41) is 0. The van der Waals surface area contributed by atoms with Gasteiger partial charge in [0.1, 0.15) is 11.6 Å². The molecule has 1 aromatic heterocycles. The molecule has 0 spiro atoms. The fraction of sp³-hybridized carbons (Fsp3) is 0.200. The Morgan fingerprint density at radius 1 is 1.04 bits per heavy atom. The zero-order chi connectivity index (χ0) is 18.5. The van der Waals surface area contributed by atoms with E-state index in [0.717, 1.165) is 5.56 Å². The van der Waals surface area contributed by atoms with Gasteiger partial charge in [0.25, 0.3) is 0 Å². The summed E-state index contributed by atoms with van der Waals surface area (Å²) >= 11 is 0. The number of carbonyl (C=O) groups is 1. The minimum Gasteiger partial charge on any atom is -0.441 e. The number of aromatic nitrogens is 1. The first kappa shape index (κ1) is 17.8. The summed E-state index contributed by atoms with van der Waals surface area (Å²) in [6.45, 7) is 2.34. The molecule has 0 saturated carbocycles. The summed E-state index contributed by atoms with van der Waals surface area (Å²) in [7, 11) is 0. The second-order valence-corrected chi connectivity index (χ2v) is 5.74. The molecule has 4 nitrogen and oxygen atoms in total. The van der Waals surface area contributed by atoms with Crippen LogP contribution >= 0.6 is 0 Å². The van der Waals surface area contributed by atoms with Crippen molar-refractivity contribution >= 4 is 11.6 Å². The smallest absolute Gasteiger partial charge is 0.227 e. The predicted octanol–water partition coefficient (Wildman–Crippen LogP) is 4.61. The Labute approximate surface area is 150 Å². The van der Waals surface area contributed by atoms with Crippen molar-refractivity contribution in [3.8, 4) is 11.3 Å². The van der Waals surface area contributed by atoms with Crippen LogP contribution in [0.4, 0.5) is 14.5 Å². The van der Waals surface area contributed by atoms with Crippen LogP contribution in [-0.4, -0.2) is 17.4 Å². The lowest BCUT2D eigenvalue weighted by Gasteiger charge is -2.20. The fourth-order valence-corrected chi connectivity index (χ4v) is 2.65. The molecule has 3 aromatic rings. The van der Waals surface area contributed by atoms with Crippen LogP contribution in [0.5, 0.6) is 0 Å². The first-order chi connectivity index (χ1) is 12.6. The van der Waals surface area contributed by atoms with Crippen molar-refractivity contribution in [2.24, 2.45) is 0 Å². The molecule has 0 aliphatic rings.